The van der Waals surface area contributed by atoms with Gasteiger partial charge >= 0.3 is 5.97 Å². The molecule has 0 bridgehead atoms. The Balaban J connectivity index is 1.42. The van der Waals surface area contributed by atoms with Gasteiger partial charge in [0.2, 0.25) is 17.7 Å². The minimum absolute atomic E-state index is 0.0365. The summed E-state index contributed by atoms with van der Waals surface area (Å²) in [5.74, 6) is -2.74. The summed E-state index contributed by atoms with van der Waals surface area (Å²) in [6.45, 7) is 5.22. The topological polar surface area (TPSA) is 175 Å². The normalized spacial score (nSPS) is 22.6. The molecule has 12 heteroatoms. The molecule has 5 atom stereocenters. The zero-order chi connectivity index (χ0) is 28.5. The number of benzene rings is 2. The van der Waals surface area contributed by atoms with E-state index in [0.29, 0.717) is 16.9 Å². The fourth-order valence-electron chi connectivity index (χ4n) is 4.64. The Morgan fingerprint density at radius 1 is 1.13 bits per heavy atom. The fourth-order valence-corrected chi connectivity index (χ4v) is 6.27. The number of thioether (sulfide) groups is 1. The Kier molecular flexibility index (Phi) is 7.86. The van der Waals surface area contributed by atoms with Gasteiger partial charge in [-0.3, -0.25) is 19.8 Å². The lowest BCUT2D eigenvalue weighted by Crippen LogP contribution is -2.71. The summed E-state index contributed by atoms with van der Waals surface area (Å²) in [6, 6.07) is 12.3. The van der Waals surface area contributed by atoms with Crippen LogP contribution in [0.2, 0.25) is 0 Å². The number of hydrogen-bond acceptors (Lipinski definition) is 7. The second kappa shape index (κ2) is 11.0. The van der Waals surface area contributed by atoms with Crippen molar-refractivity contribution in [2.75, 3.05) is 6.61 Å². The number of β-lactam (4-membered cyclic amide) rings is 1. The number of fused-ring (bicyclic) bond motifs is 1. The quantitative estimate of drug-likeness (QED) is 0.167. The third-order valence-corrected chi connectivity index (χ3v) is 8.34. The number of carbonyl (C=O) groups is 4. The van der Waals surface area contributed by atoms with E-state index < -0.39 is 57.9 Å². The molecule has 2 heterocycles. The van der Waals surface area contributed by atoms with Crippen LogP contribution < -0.4 is 21.1 Å². The number of nitrogens with one attached hydrogen (secondary N) is 3. The summed E-state index contributed by atoms with van der Waals surface area (Å²) in [4.78, 5) is 52.4. The van der Waals surface area contributed by atoms with Gasteiger partial charge in [-0.25, -0.2) is 4.79 Å². The minimum Gasteiger partial charge on any atom is -0.493 e. The maximum Gasteiger partial charge on any atom is 0.327 e. The summed E-state index contributed by atoms with van der Waals surface area (Å²) < 4.78 is 4.98. The van der Waals surface area contributed by atoms with E-state index in [0.717, 1.165) is 0 Å². The lowest BCUT2D eigenvalue weighted by atomic mass is 9.95. The van der Waals surface area contributed by atoms with Gasteiger partial charge in [-0.15, -0.1) is 11.8 Å². The van der Waals surface area contributed by atoms with E-state index in [1.165, 1.54) is 16.7 Å². The van der Waals surface area contributed by atoms with Crippen LogP contribution in [0.4, 0.5) is 0 Å². The Morgan fingerprint density at radius 2 is 1.77 bits per heavy atom. The average molecular weight is 554 g/mol. The number of ether oxygens (including phenoxy) is 1. The molecule has 0 saturated carbocycles. The SMILES string of the molecule is CC(COc1ccc(C(=N)N)cc1)C(=O)NC(C(=O)N[C@@H]1C(=O)N2[C@@H]1SC(C)(C)[C@@H]2C(=O)O)c1ccccc1. The van der Waals surface area contributed by atoms with Crippen molar-refractivity contribution in [1.82, 2.24) is 15.5 Å². The van der Waals surface area contributed by atoms with Crippen LogP contribution in [0.3, 0.4) is 0 Å². The lowest BCUT2D eigenvalue weighted by molar-refractivity contribution is -0.161. The van der Waals surface area contributed by atoms with Crippen molar-refractivity contribution in [3.05, 3.63) is 65.7 Å². The van der Waals surface area contributed by atoms with Crippen molar-refractivity contribution in [1.29, 1.82) is 5.41 Å². The minimum atomic E-state index is -1.09. The van der Waals surface area contributed by atoms with Gasteiger partial charge in [-0.2, -0.15) is 0 Å². The largest absolute Gasteiger partial charge is 0.493 e. The Morgan fingerprint density at radius 3 is 2.36 bits per heavy atom. The first-order chi connectivity index (χ1) is 18.4. The van der Waals surface area contributed by atoms with Gasteiger partial charge in [0.25, 0.3) is 0 Å². The highest BCUT2D eigenvalue weighted by Crippen LogP contribution is 2.50. The van der Waals surface area contributed by atoms with E-state index in [-0.39, 0.29) is 12.4 Å². The fraction of sp³-hybridized carbons (Fsp3) is 0.370. The number of carboxylic acid groups (broad SMARTS) is 1. The van der Waals surface area contributed by atoms with Crippen LogP contribution in [-0.2, 0) is 19.2 Å². The molecule has 2 aromatic rings. The molecule has 2 aliphatic heterocycles. The van der Waals surface area contributed by atoms with Crippen molar-refractivity contribution in [2.45, 2.75) is 49.0 Å². The molecule has 2 aromatic carbocycles. The van der Waals surface area contributed by atoms with Gasteiger partial charge in [-0.1, -0.05) is 37.3 Å². The van der Waals surface area contributed by atoms with Crippen molar-refractivity contribution in [3.8, 4) is 5.75 Å². The molecule has 0 aliphatic carbocycles. The molecular formula is C27H31N5O6S. The molecule has 0 radical (unpaired) electrons. The number of nitrogens with two attached hydrogens (primary N) is 1. The Labute approximate surface area is 230 Å². The van der Waals surface area contributed by atoms with Crippen LogP contribution in [0.1, 0.15) is 37.9 Å². The molecular weight excluding hydrogens is 522 g/mol. The number of rotatable bonds is 10. The number of amidine groups is 1. The van der Waals surface area contributed by atoms with Gasteiger partial charge in [0.1, 0.15) is 35.1 Å². The van der Waals surface area contributed by atoms with E-state index >= 15 is 0 Å². The molecule has 6 N–H and O–H groups in total. The summed E-state index contributed by atoms with van der Waals surface area (Å²) in [5, 5.41) is 22.1. The molecule has 0 aromatic heterocycles. The number of carbonyl (C=O) groups excluding carboxylic acids is 3. The molecule has 0 spiro atoms. The third kappa shape index (κ3) is 5.70. The van der Waals surface area contributed by atoms with Crippen molar-refractivity contribution in [3.63, 3.8) is 0 Å². The Hall–Kier alpha value is -4.06. The summed E-state index contributed by atoms with van der Waals surface area (Å²) in [6.07, 6.45) is 0. The number of nitrogens with zero attached hydrogens (tertiary/aromatic N) is 1. The number of amides is 3. The predicted octanol–water partition coefficient (Wildman–Crippen LogP) is 1.47. The van der Waals surface area contributed by atoms with E-state index in [1.807, 2.05) is 0 Å². The molecule has 3 amide bonds. The van der Waals surface area contributed by atoms with E-state index in [1.54, 1.807) is 75.4 Å². The second-order valence-corrected chi connectivity index (χ2v) is 11.9. The van der Waals surface area contributed by atoms with Crippen LogP contribution in [0.15, 0.2) is 54.6 Å². The molecule has 11 nitrogen and oxygen atoms in total. The van der Waals surface area contributed by atoms with Crippen LogP contribution in [0, 0.1) is 11.3 Å². The summed E-state index contributed by atoms with van der Waals surface area (Å²) in [5.41, 5.74) is 6.54. The average Bonchev–Trinajstić information content (AvgIpc) is 3.17. The smallest absolute Gasteiger partial charge is 0.327 e. The number of carboxylic acids is 1. The van der Waals surface area contributed by atoms with Gasteiger partial charge in [0.05, 0.1) is 12.5 Å². The zero-order valence-electron chi connectivity index (χ0n) is 21.7. The van der Waals surface area contributed by atoms with Gasteiger partial charge in [-0.05, 0) is 43.7 Å². The van der Waals surface area contributed by atoms with Crippen molar-refractivity contribution in [2.24, 2.45) is 11.7 Å². The molecule has 2 unspecified atom stereocenters. The Bertz CT molecular complexity index is 1290. The van der Waals surface area contributed by atoms with Gasteiger partial charge in [0.15, 0.2) is 0 Å². The highest BCUT2D eigenvalue weighted by atomic mass is 32.2. The van der Waals surface area contributed by atoms with Gasteiger partial charge in [0, 0.05) is 10.3 Å². The van der Waals surface area contributed by atoms with Gasteiger partial charge < -0.3 is 31.1 Å². The summed E-state index contributed by atoms with van der Waals surface area (Å²) >= 11 is 1.33. The predicted molar refractivity (Wildman–Crippen MR) is 145 cm³/mol. The first-order valence-corrected chi connectivity index (χ1v) is 13.2. The van der Waals surface area contributed by atoms with E-state index in [4.69, 9.17) is 15.9 Å². The highest BCUT2D eigenvalue weighted by Gasteiger charge is 2.64. The summed E-state index contributed by atoms with van der Waals surface area (Å²) in [7, 11) is 0. The standard InChI is InChI=1S/C27H31N5O6S/c1-14(13-38-17-11-9-16(10-12-17)21(28)29)22(33)30-18(15-7-5-4-6-8-15)23(34)31-19-24(35)32-20(26(36)37)27(2,3)39-25(19)32/h4-12,14,18-20,25H,13H2,1-3H3,(H3,28,29)(H,30,33)(H,31,34)(H,36,37)/t14?,18?,19-,20+,25-/m1/s1. The number of nitrogen functional groups attached to an aromatic ring is 1. The molecule has 2 fully saturated rings. The number of aliphatic carboxylic acids is 1. The van der Waals surface area contributed by atoms with Crippen LogP contribution in [-0.4, -0.2) is 68.3 Å². The lowest BCUT2D eigenvalue weighted by Gasteiger charge is -2.44. The third-order valence-electron chi connectivity index (χ3n) is 6.77. The van der Waals surface area contributed by atoms with E-state index in [9.17, 15) is 24.3 Å². The van der Waals surface area contributed by atoms with Crippen LogP contribution >= 0.6 is 11.8 Å². The number of hydrogen-bond donors (Lipinski definition) is 5. The first kappa shape index (κ1) is 28.0. The molecule has 2 aliphatic rings. The zero-order valence-corrected chi connectivity index (χ0v) is 22.5. The first-order valence-electron chi connectivity index (χ1n) is 12.4. The molecule has 206 valence electrons. The maximum atomic E-state index is 13.4. The van der Waals surface area contributed by atoms with Crippen LogP contribution in [0.5, 0.6) is 5.75 Å². The highest BCUT2D eigenvalue weighted by molar-refractivity contribution is 8.01. The van der Waals surface area contributed by atoms with E-state index in [2.05, 4.69) is 10.6 Å². The molecule has 39 heavy (non-hydrogen) atoms. The van der Waals surface area contributed by atoms with Crippen LogP contribution in [0.25, 0.3) is 0 Å². The van der Waals surface area contributed by atoms with Crippen molar-refractivity contribution < 1.29 is 29.0 Å². The maximum absolute atomic E-state index is 13.4. The molecule has 4 rings (SSSR count). The molecule has 2 saturated heterocycles. The monoisotopic (exact) mass is 553 g/mol. The second-order valence-electron chi connectivity index (χ2n) is 10.1. The van der Waals surface area contributed by atoms with Crippen molar-refractivity contribution >= 4 is 41.3 Å².